The summed E-state index contributed by atoms with van der Waals surface area (Å²) in [7, 11) is 0. The summed E-state index contributed by atoms with van der Waals surface area (Å²) in [5, 5.41) is 9.41. The molecule has 0 aliphatic heterocycles. The first-order valence-corrected chi connectivity index (χ1v) is 18.5. The average molecular weight is 702 g/mol. The summed E-state index contributed by atoms with van der Waals surface area (Å²) in [5.74, 6) is 1.80. The van der Waals surface area contributed by atoms with Crippen molar-refractivity contribution in [1.82, 2.24) is 15.0 Å². The van der Waals surface area contributed by atoms with E-state index in [0.29, 0.717) is 17.5 Å². The fourth-order valence-corrected chi connectivity index (χ4v) is 8.11. The molecule has 11 rings (SSSR count). The van der Waals surface area contributed by atoms with E-state index >= 15 is 0 Å². The van der Waals surface area contributed by atoms with Crippen LogP contribution in [0, 0.1) is 0 Å². The quantitative estimate of drug-likeness (QED) is 0.168. The zero-order valence-corrected chi connectivity index (χ0v) is 29.6. The average Bonchev–Trinajstić information content (AvgIpc) is 3.65. The van der Waals surface area contributed by atoms with E-state index in [0.717, 1.165) is 55.3 Å². The molecular weight excluding hydrogens is 671 g/mol. The first kappa shape index (κ1) is 31.1. The maximum Gasteiger partial charge on any atom is 0.164 e. The van der Waals surface area contributed by atoms with Crippen LogP contribution in [0.4, 0.5) is 0 Å². The van der Waals surface area contributed by atoms with Crippen LogP contribution in [0.3, 0.4) is 0 Å². The summed E-state index contributed by atoms with van der Waals surface area (Å²) in [6.45, 7) is 0. The summed E-state index contributed by atoms with van der Waals surface area (Å²) in [4.78, 5) is 15.6. The molecule has 4 heteroatoms. The van der Waals surface area contributed by atoms with Gasteiger partial charge in [-0.15, -0.1) is 0 Å². The summed E-state index contributed by atoms with van der Waals surface area (Å²) in [6, 6.07) is 65.8. The molecule has 0 fully saturated rings. The first-order chi connectivity index (χ1) is 27.2. The maximum absolute atomic E-state index is 6.30. The summed E-state index contributed by atoms with van der Waals surface area (Å²) >= 11 is 0. The number of hydrogen-bond acceptors (Lipinski definition) is 4. The van der Waals surface area contributed by atoms with E-state index in [2.05, 4.69) is 152 Å². The second kappa shape index (κ2) is 12.6. The smallest absolute Gasteiger partial charge is 0.164 e. The Morgan fingerprint density at radius 2 is 0.855 bits per heavy atom. The third-order valence-corrected chi connectivity index (χ3v) is 10.7. The zero-order chi connectivity index (χ0) is 36.3. The van der Waals surface area contributed by atoms with Gasteiger partial charge in [0.15, 0.2) is 17.5 Å². The van der Waals surface area contributed by atoms with Gasteiger partial charge in [-0.25, -0.2) is 15.0 Å². The molecule has 0 radical (unpaired) electrons. The molecule has 2 heterocycles. The Hall–Kier alpha value is -7.43. The van der Waals surface area contributed by atoms with E-state index in [1.165, 1.54) is 37.9 Å². The molecule has 4 nitrogen and oxygen atoms in total. The predicted octanol–water partition coefficient (Wildman–Crippen LogP) is 13.6. The number of benzene rings is 9. The van der Waals surface area contributed by atoms with Gasteiger partial charge in [-0.3, -0.25) is 0 Å². The molecule has 0 atom stereocenters. The highest BCUT2D eigenvalue weighted by atomic mass is 16.3. The fraction of sp³-hybridized carbons (Fsp3) is 0. The largest absolute Gasteiger partial charge is 0.456 e. The summed E-state index contributed by atoms with van der Waals surface area (Å²) in [5.41, 5.74) is 8.85. The SMILES string of the molecule is c1ccc(-c2cccc(-c3nc(-c4cccc(-c5cc6c7ccccc7ccc6c6ccccc56)c4)nc(-c4cccc5oc6ccccc6c45)n3)c2)cc1. The second-order valence-corrected chi connectivity index (χ2v) is 14.0. The minimum absolute atomic E-state index is 0.593. The number of hydrogen-bond donors (Lipinski definition) is 0. The Bertz CT molecular complexity index is 3270. The molecule has 11 aromatic rings. The molecule has 2 aromatic heterocycles. The van der Waals surface area contributed by atoms with Crippen LogP contribution in [0.25, 0.3) is 111 Å². The number of para-hydroxylation sites is 1. The van der Waals surface area contributed by atoms with E-state index in [1.54, 1.807) is 0 Å². The molecule has 9 aromatic carbocycles. The molecule has 256 valence electrons. The number of rotatable bonds is 5. The van der Waals surface area contributed by atoms with Gasteiger partial charge in [-0.2, -0.15) is 0 Å². The van der Waals surface area contributed by atoms with Gasteiger partial charge < -0.3 is 4.42 Å². The molecule has 0 amide bonds. The van der Waals surface area contributed by atoms with E-state index in [1.807, 2.05) is 36.4 Å². The zero-order valence-electron chi connectivity index (χ0n) is 29.6. The highest BCUT2D eigenvalue weighted by molar-refractivity contribution is 6.21. The van der Waals surface area contributed by atoms with Crippen LogP contribution < -0.4 is 0 Å². The standard InChI is InChI=1S/C51H31N3O/c1-2-13-32(14-3-1)34-16-10-18-36(29-34)49-52-50(54-51(53-49)43-24-12-26-47-48(43)42-23-8-9-25-46(42)55-47)37-19-11-17-35(30-37)44-31-45-38-20-5-4-15-33(38)27-28-41(45)39-21-6-7-22-40(39)44/h1-31H. The van der Waals surface area contributed by atoms with Gasteiger partial charge >= 0.3 is 0 Å². The molecular formula is C51H31N3O. The van der Waals surface area contributed by atoms with E-state index < -0.39 is 0 Å². The van der Waals surface area contributed by atoms with Crippen LogP contribution in [0.2, 0.25) is 0 Å². The lowest BCUT2D eigenvalue weighted by Gasteiger charge is -2.14. The van der Waals surface area contributed by atoms with E-state index in [4.69, 9.17) is 19.4 Å². The minimum Gasteiger partial charge on any atom is -0.456 e. The number of furan rings is 1. The van der Waals surface area contributed by atoms with Crippen LogP contribution in [-0.4, -0.2) is 15.0 Å². The molecule has 0 spiro atoms. The normalized spacial score (nSPS) is 11.6. The van der Waals surface area contributed by atoms with Gasteiger partial charge in [-0.05, 0) is 84.9 Å². The van der Waals surface area contributed by atoms with Crippen molar-refractivity contribution in [1.29, 1.82) is 0 Å². The molecule has 0 unspecified atom stereocenters. The molecule has 0 saturated heterocycles. The molecule has 0 aliphatic rings. The third-order valence-electron chi connectivity index (χ3n) is 10.7. The van der Waals surface area contributed by atoms with Gasteiger partial charge in [0, 0.05) is 27.5 Å². The lowest BCUT2D eigenvalue weighted by molar-refractivity contribution is 0.669. The van der Waals surface area contributed by atoms with Crippen LogP contribution >= 0.6 is 0 Å². The van der Waals surface area contributed by atoms with Crippen molar-refractivity contribution in [2.45, 2.75) is 0 Å². The van der Waals surface area contributed by atoms with Gasteiger partial charge in [0.1, 0.15) is 11.2 Å². The Labute approximate surface area is 317 Å². The highest BCUT2D eigenvalue weighted by Gasteiger charge is 2.19. The minimum atomic E-state index is 0.593. The molecule has 0 aliphatic carbocycles. The number of nitrogens with zero attached hydrogens (tertiary/aromatic N) is 3. The topological polar surface area (TPSA) is 51.8 Å². The molecule has 0 N–H and O–H groups in total. The third kappa shape index (κ3) is 5.26. The second-order valence-electron chi connectivity index (χ2n) is 14.0. The lowest BCUT2D eigenvalue weighted by Crippen LogP contribution is -2.00. The van der Waals surface area contributed by atoms with Crippen molar-refractivity contribution in [2.24, 2.45) is 0 Å². The summed E-state index contributed by atoms with van der Waals surface area (Å²) < 4.78 is 6.30. The van der Waals surface area contributed by atoms with E-state index in [-0.39, 0.29) is 0 Å². The Morgan fingerprint density at radius 1 is 0.291 bits per heavy atom. The van der Waals surface area contributed by atoms with Crippen LogP contribution in [0.5, 0.6) is 0 Å². The van der Waals surface area contributed by atoms with Crippen LogP contribution in [0.15, 0.2) is 192 Å². The molecule has 0 bridgehead atoms. The van der Waals surface area contributed by atoms with Crippen molar-refractivity contribution in [3.8, 4) is 56.4 Å². The monoisotopic (exact) mass is 701 g/mol. The Morgan fingerprint density at radius 3 is 1.67 bits per heavy atom. The number of aromatic nitrogens is 3. The maximum atomic E-state index is 6.30. The van der Waals surface area contributed by atoms with Crippen molar-refractivity contribution in [2.75, 3.05) is 0 Å². The fourth-order valence-electron chi connectivity index (χ4n) is 8.11. The number of fused-ring (bicyclic) bond motifs is 8. The van der Waals surface area contributed by atoms with Crippen molar-refractivity contribution in [3.05, 3.63) is 188 Å². The Kier molecular flexibility index (Phi) is 7.14. The van der Waals surface area contributed by atoms with Crippen LogP contribution in [-0.2, 0) is 0 Å². The lowest BCUT2D eigenvalue weighted by atomic mass is 9.90. The van der Waals surface area contributed by atoms with Gasteiger partial charge in [0.05, 0.1) is 0 Å². The van der Waals surface area contributed by atoms with Crippen molar-refractivity contribution in [3.63, 3.8) is 0 Å². The Balaban J connectivity index is 1.14. The van der Waals surface area contributed by atoms with Gasteiger partial charge in [0.2, 0.25) is 0 Å². The highest BCUT2D eigenvalue weighted by Crippen LogP contribution is 2.40. The summed E-state index contributed by atoms with van der Waals surface area (Å²) in [6.07, 6.45) is 0. The first-order valence-electron chi connectivity index (χ1n) is 18.5. The predicted molar refractivity (Wildman–Crippen MR) is 227 cm³/mol. The molecule has 55 heavy (non-hydrogen) atoms. The van der Waals surface area contributed by atoms with Crippen LogP contribution in [0.1, 0.15) is 0 Å². The van der Waals surface area contributed by atoms with Crippen molar-refractivity contribution >= 4 is 54.3 Å². The molecule has 0 saturated carbocycles. The van der Waals surface area contributed by atoms with Crippen molar-refractivity contribution < 1.29 is 4.42 Å². The van der Waals surface area contributed by atoms with Gasteiger partial charge in [0.25, 0.3) is 0 Å². The van der Waals surface area contributed by atoms with E-state index in [9.17, 15) is 0 Å². The van der Waals surface area contributed by atoms with Gasteiger partial charge in [-0.1, -0.05) is 158 Å².